The number of aliphatic imine (C=N–C) groups is 1. The minimum Gasteiger partial charge on any atom is -0.384 e. The van der Waals surface area contributed by atoms with Gasteiger partial charge in [0, 0.05) is 31.9 Å². The van der Waals surface area contributed by atoms with Crippen LogP contribution in [0.25, 0.3) is 0 Å². The Balaban J connectivity index is 1.47. The second-order valence-electron chi connectivity index (χ2n) is 8.24. The summed E-state index contributed by atoms with van der Waals surface area (Å²) in [6, 6.07) is 4.21. The van der Waals surface area contributed by atoms with Crippen molar-refractivity contribution in [3.63, 3.8) is 0 Å². The molecule has 1 aliphatic carbocycles. The van der Waals surface area contributed by atoms with Crippen LogP contribution in [0, 0.1) is 11.8 Å². The number of benzene rings is 1. The maximum Gasteiger partial charge on any atom is 0.264 e. The van der Waals surface area contributed by atoms with Gasteiger partial charge in [-0.15, -0.1) is 0 Å². The first-order valence-electron chi connectivity index (χ1n) is 10.5. The van der Waals surface area contributed by atoms with Crippen molar-refractivity contribution >= 4 is 35.5 Å². The highest BCUT2D eigenvalue weighted by Gasteiger charge is 2.45. The summed E-state index contributed by atoms with van der Waals surface area (Å²) < 4.78 is 0. The van der Waals surface area contributed by atoms with E-state index >= 15 is 0 Å². The van der Waals surface area contributed by atoms with E-state index in [1.165, 1.54) is 0 Å². The number of rotatable bonds is 5. The topological polar surface area (TPSA) is 108 Å². The van der Waals surface area contributed by atoms with Crippen LogP contribution in [-0.4, -0.2) is 54.4 Å². The number of piperidine rings is 1. The standard InChI is InChI=1S/C22H26N4O4/c1-23-11-13-5-7-14(8-6-13)12-24-16-4-2-3-15-19(16)22(30)26(21(15)29)17-9-10-18(27)25-20(17)28/h2-4,11,13-14,17,24H,5-10,12H2,1H3,(H,25,27,28). The van der Waals surface area contributed by atoms with E-state index in [1.807, 2.05) is 6.21 Å². The summed E-state index contributed by atoms with van der Waals surface area (Å²) in [7, 11) is 1.81. The molecule has 0 radical (unpaired) electrons. The molecule has 2 aliphatic heterocycles. The third kappa shape index (κ3) is 3.74. The fourth-order valence-corrected chi connectivity index (χ4v) is 4.67. The predicted octanol–water partition coefficient (Wildman–Crippen LogP) is 2.01. The van der Waals surface area contributed by atoms with Crippen LogP contribution >= 0.6 is 0 Å². The largest absolute Gasteiger partial charge is 0.384 e. The van der Waals surface area contributed by atoms with E-state index in [2.05, 4.69) is 15.6 Å². The van der Waals surface area contributed by atoms with Crippen molar-refractivity contribution in [2.45, 2.75) is 44.6 Å². The van der Waals surface area contributed by atoms with Gasteiger partial charge >= 0.3 is 0 Å². The third-order valence-electron chi connectivity index (χ3n) is 6.30. The van der Waals surface area contributed by atoms with Gasteiger partial charge in [-0.05, 0) is 56.1 Å². The molecular formula is C22H26N4O4. The van der Waals surface area contributed by atoms with Crippen LogP contribution in [0.4, 0.5) is 5.69 Å². The van der Waals surface area contributed by atoms with E-state index in [0.717, 1.165) is 37.1 Å². The highest BCUT2D eigenvalue weighted by Crippen LogP contribution is 2.33. The van der Waals surface area contributed by atoms with Gasteiger partial charge in [-0.1, -0.05) is 6.07 Å². The van der Waals surface area contributed by atoms with Crippen LogP contribution < -0.4 is 10.6 Å². The highest BCUT2D eigenvalue weighted by atomic mass is 16.2. The number of imide groups is 2. The van der Waals surface area contributed by atoms with E-state index < -0.39 is 23.8 Å². The molecule has 0 aromatic heterocycles. The molecule has 30 heavy (non-hydrogen) atoms. The molecule has 8 nitrogen and oxygen atoms in total. The number of hydrogen-bond donors (Lipinski definition) is 2. The molecule has 158 valence electrons. The Labute approximate surface area is 175 Å². The molecule has 2 N–H and O–H groups in total. The summed E-state index contributed by atoms with van der Waals surface area (Å²) in [5.74, 6) is -0.880. The Hall–Kier alpha value is -3.03. The van der Waals surface area contributed by atoms with Gasteiger partial charge < -0.3 is 10.3 Å². The number of hydrogen-bond acceptors (Lipinski definition) is 6. The van der Waals surface area contributed by atoms with Crippen LogP contribution in [0.2, 0.25) is 0 Å². The highest BCUT2D eigenvalue weighted by molar-refractivity contribution is 6.25. The lowest BCUT2D eigenvalue weighted by molar-refractivity contribution is -0.136. The number of carbonyl (C=O) groups excluding carboxylic acids is 4. The quantitative estimate of drug-likeness (QED) is 0.570. The molecule has 4 amide bonds. The SMILES string of the molecule is CN=CC1CCC(CNc2cccc3c2C(=O)N(C2CCC(=O)NC2=O)C3=O)CC1. The molecule has 1 unspecified atom stereocenters. The average Bonchev–Trinajstić information content (AvgIpc) is 2.99. The second kappa shape index (κ2) is 8.38. The van der Waals surface area contributed by atoms with Crippen molar-refractivity contribution in [3.05, 3.63) is 29.3 Å². The molecule has 1 saturated carbocycles. The molecule has 0 bridgehead atoms. The van der Waals surface area contributed by atoms with Crippen molar-refractivity contribution in [3.8, 4) is 0 Å². The van der Waals surface area contributed by atoms with Crippen molar-refractivity contribution in [1.29, 1.82) is 0 Å². The van der Waals surface area contributed by atoms with E-state index in [9.17, 15) is 19.2 Å². The van der Waals surface area contributed by atoms with Gasteiger partial charge in [0.2, 0.25) is 11.8 Å². The van der Waals surface area contributed by atoms with E-state index in [4.69, 9.17) is 0 Å². The monoisotopic (exact) mass is 410 g/mol. The zero-order valence-electron chi connectivity index (χ0n) is 17.0. The lowest BCUT2D eigenvalue weighted by Crippen LogP contribution is -2.54. The molecule has 8 heteroatoms. The number of carbonyl (C=O) groups is 4. The van der Waals surface area contributed by atoms with Crippen molar-refractivity contribution in [2.24, 2.45) is 16.8 Å². The van der Waals surface area contributed by atoms with Gasteiger partial charge in [-0.25, -0.2) is 0 Å². The second-order valence-corrected chi connectivity index (χ2v) is 8.24. The summed E-state index contributed by atoms with van der Waals surface area (Å²) in [6.07, 6.45) is 6.70. The molecule has 1 saturated heterocycles. The summed E-state index contributed by atoms with van der Waals surface area (Å²) >= 11 is 0. The van der Waals surface area contributed by atoms with Crippen molar-refractivity contribution in [2.75, 3.05) is 18.9 Å². The normalized spacial score (nSPS) is 26.8. The molecule has 1 aromatic rings. The molecule has 2 heterocycles. The fraction of sp³-hybridized carbons (Fsp3) is 0.500. The van der Waals surface area contributed by atoms with Crippen LogP contribution in [0.15, 0.2) is 23.2 Å². The molecular weight excluding hydrogens is 384 g/mol. The number of nitrogens with zero attached hydrogens (tertiary/aromatic N) is 2. The number of nitrogens with one attached hydrogen (secondary N) is 2. The smallest absolute Gasteiger partial charge is 0.264 e. The zero-order valence-corrected chi connectivity index (χ0v) is 17.0. The van der Waals surface area contributed by atoms with Crippen molar-refractivity contribution in [1.82, 2.24) is 10.2 Å². The average molecular weight is 410 g/mol. The first-order chi connectivity index (χ1) is 14.5. The van der Waals surface area contributed by atoms with Gasteiger partial charge in [0.15, 0.2) is 0 Å². The molecule has 4 rings (SSSR count). The van der Waals surface area contributed by atoms with Gasteiger partial charge in [-0.2, -0.15) is 0 Å². The van der Waals surface area contributed by atoms with Crippen LogP contribution in [0.5, 0.6) is 0 Å². The Morgan fingerprint density at radius 3 is 2.57 bits per heavy atom. The van der Waals surface area contributed by atoms with Gasteiger partial charge in [-0.3, -0.25) is 29.4 Å². The van der Waals surface area contributed by atoms with Crippen LogP contribution in [-0.2, 0) is 9.59 Å². The summed E-state index contributed by atoms with van der Waals surface area (Å²) in [4.78, 5) is 54.8. The maximum absolute atomic E-state index is 13.1. The zero-order chi connectivity index (χ0) is 21.3. The minimum atomic E-state index is -0.946. The Morgan fingerprint density at radius 1 is 1.10 bits per heavy atom. The molecule has 1 aromatic carbocycles. The molecule has 1 atom stereocenters. The maximum atomic E-state index is 13.1. The van der Waals surface area contributed by atoms with E-state index in [0.29, 0.717) is 28.7 Å². The number of fused-ring (bicyclic) bond motifs is 1. The lowest BCUT2D eigenvalue weighted by Gasteiger charge is -2.28. The van der Waals surface area contributed by atoms with Crippen molar-refractivity contribution < 1.29 is 19.2 Å². The summed E-state index contributed by atoms with van der Waals surface area (Å²) in [5.41, 5.74) is 1.24. The Morgan fingerprint density at radius 2 is 1.87 bits per heavy atom. The van der Waals surface area contributed by atoms with Gasteiger partial charge in [0.25, 0.3) is 11.8 Å². The number of anilines is 1. The first kappa shape index (κ1) is 20.3. The van der Waals surface area contributed by atoms with Gasteiger partial charge in [0.1, 0.15) is 6.04 Å². The van der Waals surface area contributed by atoms with E-state index in [-0.39, 0.29) is 18.7 Å². The number of amides is 4. The lowest BCUT2D eigenvalue weighted by atomic mass is 9.82. The minimum absolute atomic E-state index is 0.111. The third-order valence-corrected chi connectivity index (χ3v) is 6.30. The van der Waals surface area contributed by atoms with Gasteiger partial charge in [0.05, 0.1) is 11.1 Å². The summed E-state index contributed by atoms with van der Waals surface area (Å²) in [6.45, 7) is 0.729. The Kier molecular flexibility index (Phi) is 5.65. The Bertz CT molecular complexity index is 918. The summed E-state index contributed by atoms with van der Waals surface area (Å²) in [5, 5.41) is 5.59. The van der Waals surface area contributed by atoms with Crippen LogP contribution in [0.1, 0.15) is 59.2 Å². The first-order valence-corrected chi connectivity index (χ1v) is 10.5. The molecule has 3 aliphatic rings. The molecule has 2 fully saturated rings. The molecule has 0 spiro atoms. The fourth-order valence-electron chi connectivity index (χ4n) is 4.67. The van der Waals surface area contributed by atoms with E-state index in [1.54, 1.807) is 25.2 Å². The predicted molar refractivity (Wildman–Crippen MR) is 111 cm³/mol. The van der Waals surface area contributed by atoms with Crippen LogP contribution in [0.3, 0.4) is 0 Å².